The van der Waals surface area contributed by atoms with E-state index in [0.717, 1.165) is 11.1 Å². The number of hydrogen-bond acceptors (Lipinski definition) is 2. The summed E-state index contributed by atoms with van der Waals surface area (Å²) in [6.07, 6.45) is 0. The quantitative estimate of drug-likeness (QED) is 0.439. The van der Waals surface area contributed by atoms with E-state index in [4.69, 9.17) is 11.6 Å². The first kappa shape index (κ1) is 10.8. The Morgan fingerprint density at radius 3 is 2.64 bits per heavy atom. The average molecular weight is 217 g/mol. The van der Waals surface area contributed by atoms with E-state index in [0.29, 0.717) is 0 Å². The molecule has 0 aliphatic heterocycles. The highest BCUT2D eigenvalue weighted by molar-refractivity contribution is 7.80. The Hall–Kier alpha value is -1.27. The van der Waals surface area contributed by atoms with Crippen molar-refractivity contribution in [1.82, 2.24) is 5.01 Å². The fraction of sp³-hybridized carbons (Fsp3) is 0.125. The molecule has 1 rings (SSSR count). The molecule has 0 heterocycles. The summed E-state index contributed by atoms with van der Waals surface area (Å²) in [6, 6.07) is 3.83. The van der Waals surface area contributed by atoms with Gasteiger partial charge >= 0.3 is 0 Å². The van der Waals surface area contributed by atoms with Gasteiger partial charge in [-0.1, -0.05) is 12.1 Å². The van der Waals surface area contributed by atoms with Gasteiger partial charge in [-0.25, -0.2) is 14.6 Å². The Bertz CT molecular complexity index is 356. The molecule has 3 nitrogen and oxygen atoms in total. The highest BCUT2D eigenvalue weighted by atomic mass is 32.1. The predicted molar refractivity (Wildman–Crippen MR) is 52.9 cm³/mol. The number of benzene rings is 1. The van der Waals surface area contributed by atoms with E-state index in [1.165, 1.54) is 12.1 Å². The number of nitrogens with zero attached hydrogens (tertiary/aromatic N) is 1. The van der Waals surface area contributed by atoms with Crippen LogP contribution in [0, 0.1) is 11.6 Å². The smallest absolute Gasteiger partial charge is 0.180 e. The van der Waals surface area contributed by atoms with Crippen molar-refractivity contribution in [3.05, 3.63) is 35.4 Å². The number of hydrogen-bond donors (Lipinski definition) is 2. The highest BCUT2D eigenvalue weighted by Gasteiger charge is 2.10. The summed E-state index contributed by atoms with van der Waals surface area (Å²) in [5.41, 5.74) is 5.30. The van der Waals surface area contributed by atoms with E-state index in [2.05, 4.69) is 12.2 Å². The Morgan fingerprint density at radius 2 is 2.07 bits per heavy atom. The van der Waals surface area contributed by atoms with Gasteiger partial charge in [-0.3, -0.25) is 5.01 Å². The third kappa shape index (κ3) is 2.36. The number of hydrazine groups is 1. The molecule has 0 radical (unpaired) electrons. The lowest BCUT2D eigenvalue weighted by Gasteiger charge is -2.16. The van der Waals surface area contributed by atoms with Crippen molar-refractivity contribution in [2.45, 2.75) is 6.54 Å². The molecule has 6 heteroatoms. The van der Waals surface area contributed by atoms with Gasteiger partial charge in [0.1, 0.15) is 0 Å². The minimum Gasteiger partial charge on any atom is -0.375 e. The summed E-state index contributed by atoms with van der Waals surface area (Å²) < 4.78 is 25.8. The van der Waals surface area contributed by atoms with Crippen molar-refractivity contribution in [3.63, 3.8) is 0 Å². The van der Waals surface area contributed by atoms with Crippen LogP contribution in [0.5, 0.6) is 0 Å². The number of rotatable bonds is 2. The van der Waals surface area contributed by atoms with Crippen molar-refractivity contribution in [2.75, 3.05) is 0 Å². The van der Waals surface area contributed by atoms with Crippen molar-refractivity contribution in [2.24, 2.45) is 11.6 Å². The van der Waals surface area contributed by atoms with Crippen LogP contribution >= 0.6 is 12.2 Å². The van der Waals surface area contributed by atoms with Crippen LogP contribution in [0.3, 0.4) is 0 Å². The van der Waals surface area contributed by atoms with Gasteiger partial charge in [-0.15, -0.1) is 0 Å². The minimum absolute atomic E-state index is 0.0566. The SMILES string of the molecule is NC(=S)N(N)Cc1cccc(F)c1F. The topological polar surface area (TPSA) is 55.3 Å². The van der Waals surface area contributed by atoms with Gasteiger partial charge in [0.05, 0.1) is 6.54 Å². The maximum absolute atomic E-state index is 13.1. The van der Waals surface area contributed by atoms with E-state index in [1.807, 2.05) is 0 Å². The standard InChI is InChI=1S/C8H9F2N3S/c9-6-3-1-2-5(7(6)10)4-13(12)8(11)14/h1-3H,4,12H2,(H2,11,14). The molecule has 0 aromatic heterocycles. The number of nitrogens with two attached hydrogens (primary N) is 2. The second-order valence-electron chi connectivity index (χ2n) is 2.68. The first-order valence-corrected chi connectivity index (χ1v) is 4.17. The molecule has 14 heavy (non-hydrogen) atoms. The van der Waals surface area contributed by atoms with E-state index in [1.54, 1.807) is 0 Å². The van der Waals surface area contributed by atoms with Crippen molar-refractivity contribution in [3.8, 4) is 0 Å². The van der Waals surface area contributed by atoms with Crippen molar-refractivity contribution < 1.29 is 8.78 Å². The molecule has 0 amide bonds. The Kier molecular flexibility index (Phi) is 3.32. The molecular weight excluding hydrogens is 208 g/mol. The van der Waals surface area contributed by atoms with E-state index in [-0.39, 0.29) is 17.2 Å². The summed E-state index contributed by atoms with van der Waals surface area (Å²) in [7, 11) is 0. The molecule has 0 spiro atoms. The van der Waals surface area contributed by atoms with E-state index < -0.39 is 11.6 Å². The Morgan fingerprint density at radius 1 is 1.43 bits per heavy atom. The van der Waals surface area contributed by atoms with Crippen LogP contribution in [0.4, 0.5) is 8.78 Å². The molecule has 1 aromatic carbocycles. The van der Waals surface area contributed by atoms with Gasteiger partial charge in [0.25, 0.3) is 0 Å². The normalized spacial score (nSPS) is 9.93. The molecule has 1 aromatic rings. The molecule has 0 atom stereocenters. The molecule has 0 saturated heterocycles. The second-order valence-corrected chi connectivity index (χ2v) is 3.10. The van der Waals surface area contributed by atoms with Gasteiger partial charge in [0, 0.05) is 5.56 Å². The van der Waals surface area contributed by atoms with Crippen LogP contribution < -0.4 is 11.6 Å². The zero-order valence-corrected chi connectivity index (χ0v) is 8.02. The summed E-state index contributed by atoms with van der Waals surface area (Å²) in [6.45, 7) is -0.0566. The average Bonchev–Trinajstić information content (AvgIpc) is 2.12. The Balaban J connectivity index is 2.87. The minimum atomic E-state index is -0.931. The van der Waals surface area contributed by atoms with Crippen LogP contribution in [0.25, 0.3) is 0 Å². The first-order chi connectivity index (χ1) is 6.52. The maximum atomic E-state index is 13.1. The Labute approximate surface area is 85.3 Å². The predicted octanol–water partition coefficient (Wildman–Crippen LogP) is 0.884. The van der Waals surface area contributed by atoms with E-state index >= 15 is 0 Å². The van der Waals surface area contributed by atoms with Crippen LogP contribution in [0.15, 0.2) is 18.2 Å². The molecule has 0 fully saturated rings. The molecule has 0 aliphatic carbocycles. The molecule has 4 N–H and O–H groups in total. The zero-order valence-electron chi connectivity index (χ0n) is 7.21. The molecule has 0 saturated carbocycles. The zero-order chi connectivity index (χ0) is 10.7. The summed E-state index contributed by atoms with van der Waals surface area (Å²) in [4.78, 5) is 0. The molecule has 76 valence electrons. The van der Waals surface area contributed by atoms with Gasteiger partial charge in [0.15, 0.2) is 16.7 Å². The van der Waals surface area contributed by atoms with Crippen LogP contribution in [-0.4, -0.2) is 10.1 Å². The lowest BCUT2D eigenvalue weighted by Crippen LogP contribution is -2.40. The molecule has 0 bridgehead atoms. The summed E-state index contributed by atoms with van der Waals surface area (Å²) in [5.74, 6) is 3.50. The van der Waals surface area contributed by atoms with E-state index in [9.17, 15) is 8.78 Å². The first-order valence-electron chi connectivity index (χ1n) is 3.77. The lowest BCUT2D eigenvalue weighted by atomic mass is 10.2. The largest absolute Gasteiger partial charge is 0.375 e. The second kappa shape index (κ2) is 4.30. The van der Waals surface area contributed by atoms with Crippen LogP contribution in [0.2, 0.25) is 0 Å². The summed E-state index contributed by atoms with van der Waals surface area (Å²) in [5, 5.41) is 0.890. The van der Waals surface area contributed by atoms with Crippen LogP contribution in [-0.2, 0) is 6.54 Å². The van der Waals surface area contributed by atoms with Gasteiger partial charge < -0.3 is 5.73 Å². The van der Waals surface area contributed by atoms with Crippen molar-refractivity contribution in [1.29, 1.82) is 0 Å². The third-order valence-corrected chi connectivity index (χ3v) is 1.89. The highest BCUT2D eigenvalue weighted by Crippen LogP contribution is 2.12. The van der Waals surface area contributed by atoms with Crippen LogP contribution in [0.1, 0.15) is 5.56 Å². The van der Waals surface area contributed by atoms with Gasteiger partial charge in [-0.2, -0.15) is 0 Å². The van der Waals surface area contributed by atoms with Crippen molar-refractivity contribution >= 4 is 17.3 Å². The maximum Gasteiger partial charge on any atom is 0.180 e. The number of halogens is 2. The van der Waals surface area contributed by atoms with Gasteiger partial charge in [-0.05, 0) is 18.3 Å². The third-order valence-electron chi connectivity index (χ3n) is 1.66. The fourth-order valence-electron chi connectivity index (χ4n) is 0.932. The number of thiocarbonyl (C=S) groups is 1. The molecule has 0 unspecified atom stereocenters. The molecule has 0 aliphatic rings. The summed E-state index contributed by atoms with van der Waals surface area (Å²) >= 11 is 4.56. The monoisotopic (exact) mass is 217 g/mol. The lowest BCUT2D eigenvalue weighted by molar-refractivity contribution is 0.414. The van der Waals surface area contributed by atoms with Gasteiger partial charge in [0.2, 0.25) is 0 Å². The fourth-order valence-corrected chi connectivity index (χ4v) is 0.997. The molecular formula is C8H9F2N3S.